The second-order valence-electron chi connectivity index (χ2n) is 5.10. The van der Waals surface area contributed by atoms with E-state index >= 15 is 0 Å². The minimum absolute atomic E-state index is 0.104. The molecule has 1 fully saturated rings. The van der Waals surface area contributed by atoms with Crippen LogP contribution in [0, 0.1) is 0 Å². The molecule has 2 aromatic rings. The third-order valence-electron chi connectivity index (χ3n) is 3.71. The first-order chi connectivity index (χ1) is 10.7. The fourth-order valence-corrected chi connectivity index (χ4v) is 2.99. The average molecular weight is 336 g/mol. The molecule has 6 heteroatoms. The summed E-state index contributed by atoms with van der Waals surface area (Å²) in [7, 11) is 0. The first-order valence-corrected chi connectivity index (χ1v) is 7.80. The predicted molar refractivity (Wildman–Crippen MR) is 87.3 cm³/mol. The van der Waals surface area contributed by atoms with Crippen LogP contribution in [0.5, 0.6) is 0 Å². The molecule has 0 spiro atoms. The second-order valence-corrected chi connectivity index (χ2v) is 5.95. The van der Waals surface area contributed by atoms with Crippen LogP contribution in [0.25, 0.3) is 0 Å². The SMILES string of the molecule is O=C(c1ccc(Cl)cn1)N1CCNCC1c1ccccc1Cl. The molecular weight excluding hydrogens is 321 g/mol. The molecule has 1 aliphatic heterocycles. The predicted octanol–water partition coefficient (Wildman–Crippen LogP) is 3.18. The highest BCUT2D eigenvalue weighted by Crippen LogP contribution is 2.29. The lowest BCUT2D eigenvalue weighted by molar-refractivity contribution is 0.0628. The number of hydrogen-bond acceptors (Lipinski definition) is 3. The molecule has 2 heterocycles. The minimum Gasteiger partial charge on any atom is -0.328 e. The number of amides is 1. The highest BCUT2D eigenvalue weighted by Gasteiger charge is 2.30. The summed E-state index contributed by atoms with van der Waals surface area (Å²) in [6.45, 7) is 2.03. The normalized spacial score (nSPS) is 18.3. The van der Waals surface area contributed by atoms with Crippen molar-refractivity contribution in [3.8, 4) is 0 Å². The van der Waals surface area contributed by atoms with Gasteiger partial charge in [-0.15, -0.1) is 0 Å². The van der Waals surface area contributed by atoms with Gasteiger partial charge in [-0.3, -0.25) is 4.79 Å². The zero-order chi connectivity index (χ0) is 15.5. The maximum Gasteiger partial charge on any atom is 0.273 e. The van der Waals surface area contributed by atoms with Gasteiger partial charge in [0.1, 0.15) is 5.69 Å². The lowest BCUT2D eigenvalue weighted by Crippen LogP contribution is -2.49. The molecule has 1 atom stereocenters. The number of aromatic nitrogens is 1. The largest absolute Gasteiger partial charge is 0.328 e. The maximum atomic E-state index is 12.8. The Morgan fingerprint density at radius 2 is 2.05 bits per heavy atom. The standard InChI is InChI=1S/C16H15Cl2N3O/c17-11-5-6-14(20-9-11)16(22)21-8-7-19-10-15(21)12-3-1-2-4-13(12)18/h1-6,9,15,19H,7-8,10H2. The van der Waals surface area contributed by atoms with E-state index in [1.54, 1.807) is 12.1 Å². The highest BCUT2D eigenvalue weighted by molar-refractivity contribution is 6.31. The molecule has 1 aliphatic rings. The van der Waals surface area contributed by atoms with Gasteiger partial charge in [0, 0.05) is 30.9 Å². The molecule has 0 saturated carbocycles. The van der Waals surface area contributed by atoms with Gasteiger partial charge in [0.05, 0.1) is 11.1 Å². The van der Waals surface area contributed by atoms with Gasteiger partial charge in [0.25, 0.3) is 5.91 Å². The molecular formula is C16H15Cl2N3O. The van der Waals surface area contributed by atoms with Crippen LogP contribution in [-0.2, 0) is 0 Å². The van der Waals surface area contributed by atoms with Crippen LogP contribution < -0.4 is 5.32 Å². The number of pyridine rings is 1. The lowest BCUT2D eigenvalue weighted by Gasteiger charge is -2.36. The van der Waals surface area contributed by atoms with Crippen LogP contribution in [0.1, 0.15) is 22.1 Å². The van der Waals surface area contributed by atoms with Crippen LogP contribution in [0.3, 0.4) is 0 Å². The van der Waals surface area contributed by atoms with E-state index in [1.165, 1.54) is 6.20 Å². The number of carbonyl (C=O) groups excluding carboxylic acids is 1. The van der Waals surface area contributed by atoms with Crippen molar-refractivity contribution in [2.24, 2.45) is 0 Å². The van der Waals surface area contributed by atoms with E-state index in [2.05, 4.69) is 10.3 Å². The molecule has 0 radical (unpaired) electrons. The number of piperazine rings is 1. The average Bonchev–Trinajstić information content (AvgIpc) is 2.55. The summed E-state index contributed by atoms with van der Waals surface area (Å²) >= 11 is 12.1. The Balaban J connectivity index is 1.91. The number of carbonyl (C=O) groups is 1. The van der Waals surface area contributed by atoms with Crippen molar-refractivity contribution < 1.29 is 4.79 Å². The second kappa shape index (κ2) is 6.65. The van der Waals surface area contributed by atoms with Crippen molar-refractivity contribution in [3.05, 3.63) is 63.9 Å². The summed E-state index contributed by atoms with van der Waals surface area (Å²) in [6, 6.07) is 10.8. The van der Waals surface area contributed by atoms with Crippen molar-refractivity contribution >= 4 is 29.1 Å². The first-order valence-electron chi connectivity index (χ1n) is 7.04. The topological polar surface area (TPSA) is 45.2 Å². The van der Waals surface area contributed by atoms with E-state index in [-0.39, 0.29) is 11.9 Å². The molecule has 0 bridgehead atoms. The molecule has 1 saturated heterocycles. The number of nitrogens with one attached hydrogen (secondary N) is 1. The van der Waals surface area contributed by atoms with E-state index in [0.29, 0.717) is 28.8 Å². The monoisotopic (exact) mass is 335 g/mol. The van der Waals surface area contributed by atoms with Gasteiger partial charge in [-0.2, -0.15) is 0 Å². The number of nitrogens with zero attached hydrogens (tertiary/aromatic N) is 2. The van der Waals surface area contributed by atoms with E-state index in [4.69, 9.17) is 23.2 Å². The third-order valence-corrected chi connectivity index (χ3v) is 4.28. The van der Waals surface area contributed by atoms with Crippen molar-refractivity contribution in [1.82, 2.24) is 15.2 Å². The summed E-state index contributed by atoms with van der Waals surface area (Å²) in [4.78, 5) is 18.7. The van der Waals surface area contributed by atoms with Gasteiger partial charge in [-0.1, -0.05) is 41.4 Å². The van der Waals surface area contributed by atoms with Crippen molar-refractivity contribution in [2.45, 2.75) is 6.04 Å². The lowest BCUT2D eigenvalue weighted by atomic mass is 10.0. The van der Waals surface area contributed by atoms with Crippen LogP contribution in [0.2, 0.25) is 10.0 Å². The summed E-state index contributed by atoms with van der Waals surface area (Å²) in [5.74, 6) is -0.108. The zero-order valence-corrected chi connectivity index (χ0v) is 13.3. The molecule has 3 rings (SSSR count). The Morgan fingerprint density at radius 3 is 2.77 bits per heavy atom. The minimum atomic E-state index is -0.108. The Labute approximate surface area is 139 Å². The van der Waals surface area contributed by atoms with Gasteiger partial charge in [-0.25, -0.2) is 4.98 Å². The van der Waals surface area contributed by atoms with E-state index in [9.17, 15) is 4.79 Å². The Bertz CT molecular complexity index is 675. The number of halogens is 2. The molecule has 4 nitrogen and oxygen atoms in total. The summed E-state index contributed by atoms with van der Waals surface area (Å²) in [5.41, 5.74) is 1.34. The van der Waals surface area contributed by atoms with Crippen LogP contribution in [0.15, 0.2) is 42.6 Å². The Hall–Kier alpha value is -1.62. The molecule has 0 aliphatic carbocycles. The Kier molecular flexibility index (Phi) is 4.62. The molecule has 1 aromatic heterocycles. The van der Waals surface area contributed by atoms with E-state index in [1.807, 2.05) is 29.2 Å². The van der Waals surface area contributed by atoms with E-state index in [0.717, 1.165) is 12.1 Å². The number of benzene rings is 1. The maximum absolute atomic E-state index is 12.8. The van der Waals surface area contributed by atoms with Crippen LogP contribution in [0.4, 0.5) is 0 Å². The van der Waals surface area contributed by atoms with Gasteiger partial charge >= 0.3 is 0 Å². The van der Waals surface area contributed by atoms with Gasteiger partial charge in [0.15, 0.2) is 0 Å². The van der Waals surface area contributed by atoms with Crippen LogP contribution >= 0.6 is 23.2 Å². The highest BCUT2D eigenvalue weighted by atomic mass is 35.5. The Morgan fingerprint density at radius 1 is 1.23 bits per heavy atom. The first kappa shape index (κ1) is 15.3. The van der Waals surface area contributed by atoms with Gasteiger partial charge < -0.3 is 10.2 Å². The summed E-state index contributed by atoms with van der Waals surface area (Å²) < 4.78 is 0. The molecule has 1 N–H and O–H groups in total. The molecule has 1 unspecified atom stereocenters. The number of rotatable bonds is 2. The van der Waals surface area contributed by atoms with Crippen LogP contribution in [-0.4, -0.2) is 35.4 Å². The quantitative estimate of drug-likeness (QED) is 0.916. The smallest absolute Gasteiger partial charge is 0.273 e. The number of hydrogen-bond donors (Lipinski definition) is 1. The molecule has 22 heavy (non-hydrogen) atoms. The fourth-order valence-electron chi connectivity index (χ4n) is 2.62. The van der Waals surface area contributed by atoms with Crippen molar-refractivity contribution in [3.63, 3.8) is 0 Å². The van der Waals surface area contributed by atoms with Gasteiger partial charge in [0.2, 0.25) is 0 Å². The zero-order valence-electron chi connectivity index (χ0n) is 11.8. The fraction of sp³-hybridized carbons (Fsp3) is 0.250. The molecule has 1 aromatic carbocycles. The summed E-state index contributed by atoms with van der Waals surface area (Å²) in [6.07, 6.45) is 1.49. The van der Waals surface area contributed by atoms with E-state index < -0.39 is 0 Å². The third kappa shape index (κ3) is 3.09. The van der Waals surface area contributed by atoms with Gasteiger partial charge in [-0.05, 0) is 23.8 Å². The van der Waals surface area contributed by atoms with Crippen molar-refractivity contribution in [1.29, 1.82) is 0 Å². The summed E-state index contributed by atoms with van der Waals surface area (Å²) in [5, 5.41) is 4.49. The van der Waals surface area contributed by atoms with Crippen molar-refractivity contribution in [2.75, 3.05) is 19.6 Å². The molecule has 114 valence electrons. The molecule has 1 amide bonds.